The highest BCUT2D eigenvalue weighted by molar-refractivity contribution is 6.33. The summed E-state index contributed by atoms with van der Waals surface area (Å²) >= 11 is 6.25. The SMILES string of the molecule is COc1cc(-c2cc(C(=O)N3CCC(C(=O)Nc4cnc5ccccn45)CC3)n[nH]2)c(Cl)cn1. The Balaban J connectivity index is 1.21. The number of carbonyl (C=O) groups excluding carboxylic acids is 2. The zero-order valence-electron chi connectivity index (χ0n) is 18.4. The summed E-state index contributed by atoms with van der Waals surface area (Å²) in [6.07, 6.45) is 6.12. The number of nitrogens with zero attached hydrogens (tertiary/aromatic N) is 5. The molecular formula is C23H22ClN7O3. The van der Waals surface area contributed by atoms with Crippen LogP contribution < -0.4 is 10.1 Å². The predicted octanol–water partition coefficient (Wildman–Crippen LogP) is 3.27. The average molecular weight is 480 g/mol. The lowest BCUT2D eigenvalue weighted by molar-refractivity contribution is -0.121. The molecule has 11 heteroatoms. The molecule has 174 valence electrons. The highest BCUT2D eigenvalue weighted by Gasteiger charge is 2.29. The van der Waals surface area contributed by atoms with E-state index in [2.05, 4.69) is 25.5 Å². The third kappa shape index (κ3) is 4.19. The second-order valence-electron chi connectivity index (χ2n) is 8.00. The van der Waals surface area contributed by atoms with Crippen molar-refractivity contribution in [3.8, 4) is 17.1 Å². The van der Waals surface area contributed by atoms with Crippen LogP contribution in [-0.4, -0.2) is 61.5 Å². The van der Waals surface area contributed by atoms with Gasteiger partial charge in [-0.2, -0.15) is 5.10 Å². The maximum absolute atomic E-state index is 13.0. The second kappa shape index (κ2) is 9.14. The van der Waals surface area contributed by atoms with Gasteiger partial charge in [-0.05, 0) is 31.0 Å². The summed E-state index contributed by atoms with van der Waals surface area (Å²) < 4.78 is 6.98. The van der Waals surface area contributed by atoms with Crippen LogP contribution in [0.25, 0.3) is 16.9 Å². The van der Waals surface area contributed by atoms with Gasteiger partial charge in [0, 0.05) is 36.8 Å². The number of pyridine rings is 2. The molecule has 0 saturated carbocycles. The Labute approximate surface area is 199 Å². The Kier molecular flexibility index (Phi) is 5.89. The highest BCUT2D eigenvalue weighted by Crippen LogP contribution is 2.29. The van der Waals surface area contributed by atoms with Crippen LogP contribution in [0.15, 0.2) is 48.9 Å². The van der Waals surface area contributed by atoms with Gasteiger partial charge in [0.05, 0.1) is 30.2 Å². The number of ether oxygens (including phenoxy) is 1. The van der Waals surface area contributed by atoms with Crippen LogP contribution in [0.4, 0.5) is 5.82 Å². The first-order valence-corrected chi connectivity index (χ1v) is 11.2. The summed E-state index contributed by atoms with van der Waals surface area (Å²) in [7, 11) is 1.52. The summed E-state index contributed by atoms with van der Waals surface area (Å²) in [5.74, 6) is 0.596. The number of imidazole rings is 1. The zero-order valence-corrected chi connectivity index (χ0v) is 19.1. The lowest BCUT2D eigenvalue weighted by atomic mass is 9.95. The number of carbonyl (C=O) groups is 2. The molecule has 10 nitrogen and oxygen atoms in total. The van der Waals surface area contributed by atoms with Crippen LogP contribution >= 0.6 is 11.6 Å². The first-order valence-electron chi connectivity index (χ1n) is 10.8. The van der Waals surface area contributed by atoms with Gasteiger partial charge in [-0.3, -0.25) is 19.1 Å². The number of aromatic amines is 1. The molecule has 1 aliphatic heterocycles. The van der Waals surface area contributed by atoms with Crippen LogP contribution in [0.3, 0.4) is 0 Å². The molecule has 0 atom stereocenters. The molecule has 1 aliphatic rings. The van der Waals surface area contributed by atoms with E-state index in [4.69, 9.17) is 16.3 Å². The molecule has 1 fully saturated rings. The maximum Gasteiger partial charge on any atom is 0.274 e. The number of aromatic nitrogens is 5. The molecular weight excluding hydrogens is 458 g/mol. The van der Waals surface area contributed by atoms with E-state index in [1.54, 1.807) is 23.2 Å². The summed E-state index contributed by atoms with van der Waals surface area (Å²) in [5.41, 5.74) is 2.29. The van der Waals surface area contributed by atoms with Crippen molar-refractivity contribution in [1.82, 2.24) is 29.5 Å². The Bertz CT molecular complexity index is 1360. The number of nitrogens with one attached hydrogen (secondary N) is 2. The molecule has 4 aromatic heterocycles. The molecule has 0 unspecified atom stereocenters. The molecule has 0 radical (unpaired) electrons. The van der Waals surface area contributed by atoms with Gasteiger partial charge in [-0.15, -0.1) is 0 Å². The minimum Gasteiger partial charge on any atom is -0.481 e. The van der Waals surface area contributed by atoms with Crippen molar-refractivity contribution in [3.63, 3.8) is 0 Å². The minimum atomic E-state index is -0.194. The van der Waals surface area contributed by atoms with Crippen molar-refractivity contribution in [2.45, 2.75) is 12.8 Å². The quantitative estimate of drug-likeness (QED) is 0.453. The van der Waals surface area contributed by atoms with Crippen molar-refractivity contribution in [2.75, 3.05) is 25.5 Å². The van der Waals surface area contributed by atoms with E-state index >= 15 is 0 Å². The van der Waals surface area contributed by atoms with Crippen molar-refractivity contribution < 1.29 is 14.3 Å². The fraction of sp³-hybridized carbons (Fsp3) is 0.261. The Morgan fingerprint density at radius 1 is 1.18 bits per heavy atom. The van der Waals surface area contributed by atoms with Crippen molar-refractivity contribution in [3.05, 3.63) is 59.6 Å². The third-order valence-electron chi connectivity index (χ3n) is 5.95. The van der Waals surface area contributed by atoms with E-state index in [0.717, 1.165) is 5.65 Å². The first kappa shape index (κ1) is 21.9. The van der Waals surface area contributed by atoms with Gasteiger partial charge < -0.3 is 15.0 Å². The summed E-state index contributed by atoms with van der Waals surface area (Å²) in [5, 5.41) is 10.4. The standard InChI is InChI=1S/C23H22ClN7O3/c1-34-21-10-15(16(24)12-26-21)17-11-18(29-28-17)23(33)30-8-5-14(6-9-30)22(32)27-20-13-25-19-4-2-3-7-31(19)20/h2-4,7,10-14H,5-6,8-9H2,1H3,(H,27,32)(H,28,29). The van der Waals surface area contributed by atoms with Crippen LogP contribution in [0.2, 0.25) is 5.02 Å². The van der Waals surface area contributed by atoms with E-state index in [-0.39, 0.29) is 23.4 Å². The normalized spacial score (nSPS) is 14.4. The third-order valence-corrected chi connectivity index (χ3v) is 6.25. The molecule has 0 aliphatic carbocycles. The predicted molar refractivity (Wildman–Crippen MR) is 126 cm³/mol. The van der Waals surface area contributed by atoms with Gasteiger partial charge in [-0.1, -0.05) is 17.7 Å². The number of rotatable bonds is 5. The molecule has 0 aromatic carbocycles. The van der Waals surface area contributed by atoms with E-state index in [1.165, 1.54) is 13.3 Å². The van der Waals surface area contributed by atoms with E-state index in [9.17, 15) is 9.59 Å². The number of fused-ring (bicyclic) bond motifs is 1. The van der Waals surface area contributed by atoms with Gasteiger partial charge in [0.2, 0.25) is 11.8 Å². The maximum atomic E-state index is 13.0. The van der Waals surface area contributed by atoms with E-state index < -0.39 is 0 Å². The smallest absolute Gasteiger partial charge is 0.274 e. The molecule has 2 N–H and O–H groups in total. The van der Waals surface area contributed by atoms with Crippen LogP contribution in [0, 0.1) is 5.92 Å². The number of likely N-dealkylation sites (tertiary alicyclic amines) is 1. The summed E-state index contributed by atoms with van der Waals surface area (Å²) in [6.45, 7) is 0.937. The molecule has 0 bridgehead atoms. The largest absolute Gasteiger partial charge is 0.481 e. The molecule has 34 heavy (non-hydrogen) atoms. The van der Waals surface area contributed by atoms with E-state index in [1.807, 2.05) is 28.8 Å². The number of anilines is 1. The fourth-order valence-electron chi connectivity index (χ4n) is 4.07. The number of hydrogen-bond donors (Lipinski definition) is 2. The highest BCUT2D eigenvalue weighted by atomic mass is 35.5. The molecule has 0 spiro atoms. The van der Waals surface area contributed by atoms with Crippen molar-refractivity contribution in [1.29, 1.82) is 0 Å². The van der Waals surface area contributed by atoms with Gasteiger partial charge in [0.15, 0.2) is 5.69 Å². The Morgan fingerprint density at radius 2 is 2.00 bits per heavy atom. The lowest BCUT2D eigenvalue weighted by Gasteiger charge is -2.30. The summed E-state index contributed by atoms with van der Waals surface area (Å²) in [6, 6.07) is 8.99. The Morgan fingerprint density at radius 3 is 2.79 bits per heavy atom. The number of methoxy groups -OCH3 is 1. The average Bonchev–Trinajstić information content (AvgIpc) is 3.52. The fourth-order valence-corrected chi connectivity index (χ4v) is 4.27. The molecule has 2 amide bonds. The molecule has 4 aromatic rings. The van der Waals surface area contributed by atoms with Gasteiger partial charge >= 0.3 is 0 Å². The zero-order chi connectivity index (χ0) is 23.7. The molecule has 5 rings (SSSR count). The minimum absolute atomic E-state index is 0.0684. The summed E-state index contributed by atoms with van der Waals surface area (Å²) in [4.78, 5) is 35.9. The van der Waals surface area contributed by atoms with Crippen LogP contribution in [0.1, 0.15) is 23.3 Å². The van der Waals surface area contributed by atoms with Gasteiger partial charge in [0.1, 0.15) is 11.5 Å². The first-order chi connectivity index (χ1) is 16.5. The number of amides is 2. The second-order valence-corrected chi connectivity index (χ2v) is 8.41. The van der Waals surface area contributed by atoms with Crippen molar-refractivity contribution in [2.24, 2.45) is 5.92 Å². The van der Waals surface area contributed by atoms with Crippen molar-refractivity contribution >= 4 is 34.9 Å². The number of hydrogen-bond acceptors (Lipinski definition) is 6. The van der Waals surface area contributed by atoms with Gasteiger partial charge in [0.25, 0.3) is 5.91 Å². The molecule has 5 heterocycles. The number of H-pyrrole nitrogens is 1. The number of halogens is 1. The van der Waals surface area contributed by atoms with E-state index in [0.29, 0.717) is 53.9 Å². The number of piperidine rings is 1. The monoisotopic (exact) mass is 479 g/mol. The van der Waals surface area contributed by atoms with Gasteiger partial charge in [-0.25, -0.2) is 9.97 Å². The Hall–Kier alpha value is -3.92. The topological polar surface area (TPSA) is 118 Å². The molecule has 1 saturated heterocycles. The van der Waals surface area contributed by atoms with Crippen LogP contribution in [-0.2, 0) is 4.79 Å². The van der Waals surface area contributed by atoms with Crippen LogP contribution in [0.5, 0.6) is 5.88 Å². The lowest BCUT2D eigenvalue weighted by Crippen LogP contribution is -2.41.